The van der Waals surface area contributed by atoms with E-state index in [1.54, 1.807) is 30.3 Å². The average Bonchev–Trinajstić information content (AvgIpc) is 2.70. The summed E-state index contributed by atoms with van der Waals surface area (Å²) in [5, 5.41) is 3.11. The molecule has 2 aromatic carbocycles. The van der Waals surface area contributed by atoms with Crippen molar-refractivity contribution in [3.8, 4) is 11.5 Å². The van der Waals surface area contributed by atoms with E-state index < -0.39 is 18.5 Å². The predicted octanol–water partition coefficient (Wildman–Crippen LogP) is 5.37. The van der Waals surface area contributed by atoms with Crippen molar-refractivity contribution < 1.29 is 23.8 Å². The van der Waals surface area contributed by atoms with Gasteiger partial charge in [-0.25, -0.2) is 4.79 Å². The maximum Gasteiger partial charge on any atom is 0.338 e. The van der Waals surface area contributed by atoms with Crippen molar-refractivity contribution >= 4 is 40.8 Å². The highest BCUT2D eigenvalue weighted by molar-refractivity contribution is 6.39. The molecule has 2 rings (SSSR count). The van der Waals surface area contributed by atoms with Gasteiger partial charge in [-0.05, 0) is 43.7 Å². The van der Waals surface area contributed by atoms with Gasteiger partial charge < -0.3 is 19.5 Å². The molecule has 0 spiro atoms. The molecule has 0 saturated heterocycles. The number of rotatable bonds is 10. The van der Waals surface area contributed by atoms with Gasteiger partial charge in [0.25, 0.3) is 5.91 Å². The smallest absolute Gasteiger partial charge is 0.338 e. The molecule has 0 saturated carbocycles. The number of anilines is 1. The van der Waals surface area contributed by atoms with Crippen LogP contribution in [-0.4, -0.2) is 31.7 Å². The van der Waals surface area contributed by atoms with Crippen LogP contribution in [0.25, 0.3) is 0 Å². The van der Waals surface area contributed by atoms with Crippen molar-refractivity contribution in [2.45, 2.75) is 26.7 Å². The summed E-state index contributed by atoms with van der Waals surface area (Å²) in [5.74, 6) is -0.210. The topological polar surface area (TPSA) is 73.9 Å². The molecule has 156 valence electrons. The van der Waals surface area contributed by atoms with Crippen LogP contribution in [0.1, 0.15) is 37.0 Å². The summed E-state index contributed by atoms with van der Waals surface area (Å²) in [6, 6.07) is 9.60. The number of amides is 1. The lowest BCUT2D eigenvalue weighted by Gasteiger charge is -2.13. The molecule has 8 heteroatoms. The number of hydrogen-bond donors (Lipinski definition) is 1. The van der Waals surface area contributed by atoms with E-state index in [2.05, 4.69) is 12.2 Å². The third-order valence-electron chi connectivity index (χ3n) is 3.80. The van der Waals surface area contributed by atoms with Gasteiger partial charge >= 0.3 is 5.97 Å². The molecule has 0 unspecified atom stereocenters. The zero-order valence-electron chi connectivity index (χ0n) is 16.3. The van der Waals surface area contributed by atoms with Gasteiger partial charge in [-0.2, -0.15) is 0 Å². The van der Waals surface area contributed by atoms with E-state index in [-0.39, 0.29) is 21.3 Å². The van der Waals surface area contributed by atoms with Crippen LogP contribution in [-0.2, 0) is 9.53 Å². The van der Waals surface area contributed by atoms with E-state index in [9.17, 15) is 9.59 Å². The van der Waals surface area contributed by atoms with Crippen LogP contribution >= 0.6 is 23.2 Å². The Morgan fingerprint density at radius 1 is 1.00 bits per heavy atom. The van der Waals surface area contributed by atoms with Gasteiger partial charge in [0.05, 0.1) is 34.5 Å². The molecule has 2 aromatic rings. The standard InChI is InChI=1S/C21H23Cl2NO5/c1-3-5-11-28-17-10-9-14(12-18(17)27-4-2)21(26)29-13-19(25)24-20-15(22)7-6-8-16(20)23/h6-10,12H,3-5,11,13H2,1-2H3,(H,24,25). The molecular weight excluding hydrogens is 417 g/mol. The first kappa shape index (κ1) is 22.8. The van der Waals surface area contributed by atoms with E-state index in [1.165, 1.54) is 6.07 Å². The summed E-state index contributed by atoms with van der Waals surface area (Å²) in [4.78, 5) is 24.4. The molecule has 1 amide bonds. The van der Waals surface area contributed by atoms with Crippen molar-refractivity contribution in [3.63, 3.8) is 0 Å². The summed E-state index contributed by atoms with van der Waals surface area (Å²) in [7, 11) is 0. The second-order valence-electron chi connectivity index (χ2n) is 6.02. The quantitative estimate of drug-likeness (QED) is 0.397. The molecule has 0 radical (unpaired) electrons. The SMILES string of the molecule is CCCCOc1ccc(C(=O)OCC(=O)Nc2c(Cl)cccc2Cl)cc1OCC. The fourth-order valence-corrected chi connectivity index (χ4v) is 2.85. The van der Waals surface area contributed by atoms with Gasteiger partial charge in [0.1, 0.15) is 0 Å². The second kappa shape index (κ2) is 11.5. The molecule has 6 nitrogen and oxygen atoms in total. The first-order chi connectivity index (χ1) is 14.0. The number of carbonyl (C=O) groups excluding carboxylic acids is 2. The maximum absolute atomic E-state index is 12.3. The van der Waals surface area contributed by atoms with Crippen LogP contribution in [0.5, 0.6) is 11.5 Å². The fraction of sp³-hybridized carbons (Fsp3) is 0.333. The molecule has 0 atom stereocenters. The van der Waals surface area contributed by atoms with Crippen LogP contribution < -0.4 is 14.8 Å². The fourth-order valence-electron chi connectivity index (χ4n) is 2.36. The van der Waals surface area contributed by atoms with E-state index in [1.807, 2.05) is 6.92 Å². The maximum atomic E-state index is 12.3. The minimum absolute atomic E-state index is 0.250. The van der Waals surface area contributed by atoms with Gasteiger partial charge in [0, 0.05) is 0 Å². The van der Waals surface area contributed by atoms with Gasteiger partial charge in [-0.3, -0.25) is 4.79 Å². The van der Waals surface area contributed by atoms with Crippen molar-refractivity contribution in [1.29, 1.82) is 0 Å². The van der Waals surface area contributed by atoms with Crippen molar-refractivity contribution in [3.05, 3.63) is 52.0 Å². The number of ether oxygens (including phenoxy) is 3. The normalized spacial score (nSPS) is 10.3. The molecule has 0 fully saturated rings. The number of nitrogens with one attached hydrogen (secondary N) is 1. The van der Waals surface area contributed by atoms with E-state index in [4.69, 9.17) is 37.4 Å². The van der Waals surface area contributed by atoms with Crippen LogP contribution in [0, 0.1) is 0 Å². The number of hydrogen-bond acceptors (Lipinski definition) is 5. The lowest BCUT2D eigenvalue weighted by molar-refractivity contribution is -0.119. The van der Waals surface area contributed by atoms with Crippen LogP contribution in [0.3, 0.4) is 0 Å². The molecule has 0 heterocycles. The molecule has 0 aliphatic heterocycles. The highest BCUT2D eigenvalue weighted by atomic mass is 35.5. The predicted molar refractivity (Wildman–Crippen MR) is 113 cm³/mol. The number of benzene rings is 2. The van der Waals surface area contributed by atoms with Crippen molar-refractivity contribution in [1.82, 2.24) is 0 Å². The number of halogens is 2. The summed E-state index contributed by atoms with van der Waals surface area (Å²) >= 11 is 12.0. The Balaban J connectivity index is 1.98. The first-order valence-electron chi connectivity index (χ1n) is 9.26. The molecule has 0 aromatic heterocycles. The number of unbranched alkanes of at least 4 members (excludes halogenated alkanes) is 1. The Morgan fingerprint density at radius 2 is 1.72 bits per heavy atom. The molecule has 29 heavy (non-hydrogen) atoms. The van der Waals surface area contributed by atoms with Gasteiger partial charge in [-0.1, -0.05) is 42.6 Å². The number of para-hydroxylation sites is 1. The molecule has 0 aliphatic rings. The van der Waals surface area contributed by atoms with Gasteiger partial charge in [-0.15, -0.1) is 0 Å². The minimum Gasteiger partial charge on any atom is -0.490 e. The summed E-state index contributed by atoms with van der Waals surface area (Å²) in [6.45, 7) is 4.40. The zero-order valence-corrected chi connectivity index (χ0v) is 17.8. The first-order valence-corrected chi connectivity index (χ1v) is 10.0. The summed E-state index contributed by atoms with van der Waals surface area (Å²) < 4.78 is 16.3. The Kier molecular flexibility index (Phi) is 9.09. The van der Waals surface area contributed by atoms with Crippen LogP contribution in [0.2, 0.25) is 10.0 Å². The lowest BCUT2D eigenvalue weighted by Crippen LogP contribution is -2.21. The van der Waals surface area contributed by atoms with Crippen molar-refractivity contribution in [2.75, 3.05) is 25.1 Å². The highest BCUT2D eigenvalue weighted by Gasteiger charge is 2.16. The van der Waals surface area contributed by atoms with Gasteiger partial charge in [0.15, 0.2) is 18.1 Å². The number of esters is 1. The zero-order chi connectivity index (χ0) is 21.2. The van der Waals surface area contributed by atoms with E-state index >= 15 is 0 Å². The lowest BCUT2D eigenvalue weighted by atomic mass is 10.2. The Labute approximate surface area is 180 Å². The average molecular weight is 440 g/mol. The number of carbonyl (C=O) groups is 2. The minimum atomic E-state index is -0.661. The van der Waals surface area contributed by atoms with Crippen LogP contribution in [0.4, 0.5) is 5.69 Å². The second-order valence-corrected chi connectivity index (χ2v) is 6.83. The Hall–Kier alpha value is -2.44. The molecule has 0 aliphatic carbocycles. The summed E-state index contributed by atoms with van der Waals surface area (Å²) in [6.07, 6.45) is 1.93. The van der Waals surface area contributed by atoms with Gasteiger partial charge in [0.2, 0.25) is 0 Å². The van der Waals surface area contributed by atoms with Crippen LogP contribution in [0.15, 0.2) is 36.4 Å². The van der Waals surface area contributed by atoms with E-state index in [0.717, 1.165) is 12.8 Å². The third kappa shape index (κ3) is 6.84. The summed E-state index contributed by atoms with van der Waals surface area (Å²) in [5.41, 5.74) is 0.518. The van der Waals surface area contributed by atoms with Crippen molar-refractivity contribution in [2.24, 2.45) is 0 Å². The Bertz CT molecular complexity index is 837. The van der Waals surface area contributed by atoms with E-state index in [0.29, 0.717) is 24.7 Å². The third-order valence-corrected chi connectivity index (χ3v) is 4.43. The highest BCUT2D eigenvalue weighted by Crippen LogP contribution is 2.30. The molecule has 0 bridgehead atoms. The molecular formula is C21H23Cl2NO5. The monoisotopic (exact) mass is 439 g/mol. The largest absolute Gasteiger partial charge is 0.490 e. The molecule has 1 N–H and O–H groups in total. The Morgan fingerprint density at radius 3 is 2.38 bits per heavy atom.